The van der Waals surface area contributed by atoms with Crippen LogP contribution in [0.1, 0.15) is 12.5 Å². The zero-order chi connectivity index (χ0) is 20.8. The minimum atomic E-state index is -0.998. The monoisotopic (exact) mass is 429 g/mol. The van der Waals surface area contributed by atoms with Crippen LogP contribution < -0.4 is 4.74 Å². The molecule has 3 aliphatic rings. The van der Waals surface area contributed by atoms with Gasteiger partial charge in [0.25, 0.3) is 0 Å². The minimum Gasteiger partial charge on any atom is -0.454 e. The van der Waals surface area contributed by atoms with Crippen LogP contribution in [0.15, 0.2) is 59.2 Å². The summed E-state index contributed by atoms with van der Waals surface area (Å²) in [5, 5.41) is 0.331. The van der Waals surface area contributed by atoms with Gasteiger partial charge in [-0.1, -0.05) is 35.4 Å². The van der Waals surface area contributed by atoms with Gasteiger partial charge in [0.15, 0.2) is 17.3 Å². The summed E-state index contributed by atoms with van der Waals surface area (Å²) in [6.07, 6.45) is 10.7. The number of hydrogen-bond acceptors (Lipinski definition) is 6. The van der Waals surface area contributed by atoms with Crippen molar-refractivity contribution in [1.29, 1.82) is 0 Å². The lowest BCUT2D eigenvalue weighted by atomic mass is 9.67. The summed E-state index contributed by atoms with van der Waals surface area (Å²) in [5.74, 6) is -0.786. The third-order valence-electron chi connectivity index (χ3n) is 4.71. The highest BCUT2D eigenvalue weighted by atomic mass is 35.5. The maximum Gasteiger partial charge on any atom is 0.305 e. The van der Waals surface area contributed by atoms with Crippen LogP contribution in [0, 0.1) is 0 Å². The number of ketones is 2. The molecule has 0 atom stereocenters. The molecule has 146 valence electrons. The van der Waals surface area contributed by atoms with E-state index in [1.54, 1.807) is 24.3 Å². The largest absolute Gasteiger partial charge is 0.454 e. The second-order valence-corrected chi connectivity index (χ2v) is 7.31. The molecular formula is C21H13Cl2NO5. The fraction of sp³-hybridized carbons (Fsp3) is 0.143. The SMILES string of the molecule is CC(=O)OCOc1c(Cl)cc2c(c1Cl)C1(C=CC(=O)C=C1)C1=CC(=O)C=CC1=N2. The maximum absolute atomic E-state index is 12.1. The van der Waals surface area contributed by atoms with Crippen LogP contribution in [-0.2, 0) is 24.5 Å². The Hall–Kier alpha value is -2.96. The smallest absolute Gasteiger partial charge is 0.305 e. The van der Waals surface area contributed by atoms with E-state index in [-0.39, 0.29) is 34.2 Å². The molecule has 0 saturated carbocycles. The van der Waals surface area contributed by atoms with Crippen molar-refractivity contribution in [2.24, 2.45) is 4.99 Å². The third-order valence-corrected chi connectivity index (χ3v) is 5.35. The second kappa shape index (κ2) is 7.13. The van der Waals surface area contributed by atoms with Gasteiger partial charge in [0.2, 0.25) is 6.79 Å². The summed E-state index contributed by atoms with van der Waals surface area (Å²) in [5.41, 5.74) is 1.16. The molecule has 0 aromatic heterocycles. The number of esters is 1. The van der Waals surface area contributed by atoms with Crippen LogP contribution >= 0.6 is 23.2 Å². The summed E-state index contributed by atoms with van der Waals surface area (Å²) < 4.78 is 10.3. The topological polar surface area (TPSA) is 82.0 Å². The summed E-state index contributed by atoms with van der Waals surface area (Å²) in [6.45, 7) is 0.878. The van der Waals surface area contributed by atoms with Crippen LogP contribution in [0.4, 0.5) is 5.69 Å². The summed E-state index contributed by atoms with van der Waals surface area (Å²) >= 11 is 13.0. The maximum atomic E-state index is 12.1. The number of benzene rings is 1. The van der Waals surface area contributed by atoms with Crippen molar-refractivity contribution in [1.82, 2.24) is 0 Å². The van der Waals surface area contributed by atoms with E-state index in [1.807, 2.05) is 0 Å². The number of halogens is 2. The second-order valence-electron chi connectivity index (χ2n) is 6.52. The lowest BCUT2D eigenvalue weighted by Gasteiger charge is -2.38. The first kappa shape index (κ1) is 19.4. The molecule has 1 aromatic carbocycles. The molecule has 6 nitrogen and oxygen atoms in total. The first-order valence-corrected chi connectivity index (χ1v) is 9.32. The fourth-order valence-corrected chi connectivity index (χ4v) is 4.18. The van der Waals surface area contributed by atoms with E-state index in [2.05, 4.69) is 4.99 Å². The molecule has 0 saturated heterocycles. The van der Waals surface area contributed by atoms with Gasteiger partial charge in [-0.25, -0.2) is 4.99 Å². The summed E-state index contributed by atoms with van der Waals surface area (Å²) in [7, 11) is 0. The van der Waals surface area contributed by atoms with Crippen molar-refractivity contribution in [2.75, 3.05) is 6.79 Å². The Balaban J connectivity index is 1.94. The number of rotatable bonds is 3. The average Bonchev–Trinajstić information content (AvgIpc) is 2.67. The van der Waals surface area contributed by atoms with Gasteiger partial charge in [-0.15, -0.1) is 0 Å². The molecule has 0 amide bonds. The lowest BCUT2D eigenvalue weighted by Crippen LogP contribution is -2.34. The number of carbonyl (C=O) groups excluding carboxylic acids is 3. The van der Waals surface area contributed by atoms with Crippen LogP contribution in [0.25, 0.3) is 0 Å². The highest BCUT2D eigenvalue weighted by Gasteiger charge is 2.43. The van der Waals surface area contributed by atoms with Crippen molar-refractivity contribution in [3.8, 4) is 5.75 Å². The predicted octanol–water partition coefficient (Wildman–Crippen LogP) is 3.98. The first-order chi connectivity index (χ1) is 13.8. The van der Waals surface area contributed by atoms with Gasteiger partial charge >= 0.3 is 5.97 Å². The molecule has 1 spiro atoms. The molecule has 2 aliphatic carbocycles. The number of carbonyl (C=O) groups is 3. The Bertz CT molecular complexity index is 1110. The minimum absolute atomic E-state index is 0.114. The molecule has 0 N–H and O–H groups in total. The average molecular weight is 430 g/mol. The molecule has 1 heterocycles. The van der Waals surface area contributed by atoms with Crippen molar-refractivity contribution in [3.63, 3.8) is 0 Å². The van der Waals surface area contributed by atoms with Crippen molar-refractivity contribution >= 4 is 52.1 Å². The van der Waals surface area contributed by atoms with E-state index in [9.17, 15) is 14.4 Å². The normalized spacial score (nSPS) is 18.2. The Morgan fingerprint density at radius 3 is 2.52 bits per heavy atom. The number of aliphatic imine (C=N–C) groups is 1. The van der Waals surface area contributed by atoms with Gasteiger partial charge in [0, 0.05) is 18.1 Å². The number of hydrogen-bond donors (Lipinski definition) is 0. The van der Waals surface area contributed by atoms with E-state index < -0.39 is 11.4 Å². The van der Waals surface area contributed by atoms with Crippen LogP contribution in [0.2, 0.25) is 10.0 Å². The zero-order valence-electron chi connectivity index (χ0n) is 15.1. The summed E-state index contributed by atoms with van der Waals surface area (Å²) in [4.78, 5) is 39.5. The van der Waals surface area contributed by atoms with Crippen LogP contribution in [0.3, 0.4) is 0 Å². The molecule has 0 radical (unpaired) electrons. The quantitative estimate of drug-likeness (QED) is 0.412. The predicted molar refractivity (Wildman–Crippen MR) is 108 cm³/mol. The van der Waals surface area contributed by atoms with Crippen molar-refractivity contribution < 1.29 is 23.9 Å². The van der Waals surface area contributed by atoms with Crippen molar-refractivity contribution in [3.05, 3.63) is 69.8 Å². The molecule has 0 unspecified atom stereocenters. The Morgan fingerprint density at radius 1 is 1.10 bits per heavy atom. The van der Waals surface area contributed by atoms with Gasteiger partial charge in [-0.2, -0.15) is 0 Å². The molecule has 0 bridgehead atoms. The van der Waals surface area contributed by atoms with Crippen molar-refractivity contribution in [2.45, 2.75) is 12.3 Å². The van der Waals surface area contributed by atoms with Crippen LogP contribution in [-0.4, -0.2) is 30.0 Å². The fourth-order valence-electron chi connectivity index (χ4n) is 3.47. The van der Waals surface area contributed by atoms with E-state index in [1.165, 1.54) is 31.2 Å². The molecule has 4 rings (SSSR count). The number of fused-ring (bicyclic) bond motifs is 4. The van der Waals surface area contributed by atoms with Gasteiger partial charge in [0.05, 0.1) is 26.9 Å². The zero-order valence-corrected chi connectivity index (χ0v) is 16.6. The molecule has 29 heavy (non-hydrogen) atoms. The highest BCUT2D eigenvalue weighted by molar-refractivity contribution is 6.39. The van der Waals surface area contributed by atoms with Gasteiger partial charge in [-0.05, 0) is 36.4 Å². The lowest BCUT2D eigenvalue weighted by molar-refractivity contribution is -0.147. The van der Waals surface area contributed by atoms with Gasteiger partial charge in [0.1, 0.15) is 0 Å². The highest BCUT2D eigenvalue weighted by Crippen LogP contribution is 2.54. The first-order valence-electron chi connectivity index (χ1n) is 8.56. The Kier molecular flexibility index (Phi) is 4.76. The Morgan fingerprint density at radius 2 is 1.83 bits per heavy atom. The van der Waals surface area contributed by atoms with E-state index in [0.29, 0.717) is 22.5 Å². The molecule has 1 aliphatic heterocycles. The molecular weight excluding hydrogens is 417 g/mol. The Labute approximate surface area is 175 Å². The number of allylic oxidation sites excluding steroid dienone is 8. The van der Waals surface area contributed by atoms with Crippen LogP contribution in [0.5, 0.6) is 5.75 Å². The molecule has 0 fully saturated rings. The van der Waals surface area contributed by atoms with Gasteiger partial charge in [-0.3, -0.25) is 14.4 Å². The van der Waals surface area contributed by atoms with E-state index >= 15 is 0 Å². The van der Waals surface area contributed by atoms with E-state index in [4.69, 9.17) is 32.7 Å². The standard InChI is InChI=1S/C21H13Cl2NO5/c1-11(25)28-10-29-20-15(22)9-17-18(19(20)23)21(6-4-12(26)5-7-21)14-8-13(27)2-3-16(14)24-17/h2-9H,10H2,1H3. The summed E-state index contributed by atoms with van der Waals surface area (Å²) in [6, 6.07) is 1.58. The molecule has 8 heteroatoms. The molecule has 1 aromatic rings. The number of ether oxygens (including phenoxy) is 2. The number of nitrogens with zero attached hydrogens (tertiary/aromatic N) is 1. The third kappa shape index (κ3) is 3.24. The van der Waals surface area contributed by atoms with E-state index in [0.717, 1.165) is 0 Å². The van der Waals surface area contributed by atoms with Gasteiger partial charge < -0.3 is 9.47 Å².